The molecule has 7 nitrogen and oxygen atoms in total. The van der Waals surface area contributed by atoms with Gasteiger partial charge in [-0.05, 0) is 13.3 Å². The molecule has 106 valence electrons. The summed E-state index contributed by atoms with van der Waals surface area (Å²) in [5.74, 6) is -1.13. The molecule has 1 unspecified atom stereocenters. The van der Waals surface area contributed by atoms with Gasteiger partial charge in [-0.15, -0.1) is 0 Å². The Morgan fingerprint density at radius 2 is 2.26 bits per heavy atom. The van der Waals surface area contributed by atoms with Crippen LogP contribution in [0, 0.1) is 0 Å². The fraction of sp³-hybridized carbons (Fsp3) is 0.583. The molecule has 0 radical (unpaired) electrons. The highest BCUT2D eigenvalue weighted by atomic mass is 16.4. The van der Waals surface area contributed by atoms with E-state index in [1.807, 2.05) is 6.92 Å². The van der Waals surface area contributed by atoms with Crippen LogP contribution in [0.2, 0.25) is 0 Å². The number of aromatic carboxylic acids is 1. The molecule has 0 saturated heterocycles. The van der Waals surface area contributed by atoms with E-state index in [1.165, 1.54) is 12.5 Å². The van der Waals surface area contributed by atoms with E-state index in [4.69, 9.17) is 5.11 Å². The molecule has 0 bridgehead atoms. The van der Waals surface area contributed by atoms with Gasteiger partial charge in [0, 0.05) is 25.3 Å². The second-order valence-electron chi connectivity index (χ2n) is 4.34. The first-order chi connectivity index (χ1) is 9.02. The minimum atomic E-state index is -1.06. The van der Waals surface area contributed by atoms with Crippen LogP contribution < -0.4 is 10.6 Å². The number of hydrogen-bond acceptors (Lipinski definition) is 4. The molecule has 0 spiro atoms. The quantitative estimate of drug-likeness (QED) is 0.620. The Balaban J connectivity index is 2.22. The van der Waals surface area contributed by atoms with Crippen LogP contribution in [0.15, 0.2) is 12.5 Å². The van der Waals surface area contributed by atoms with Crippen LogP contribution in [-0.4, -0.2) is 45.7 Å². The van der Waals surface area contributed by atoms with Gasteiger partial charge in [0.2, 0.25) is 5.91 Å². The zero-order valence-corrected chi connectivity index (χ0v) is 11.2. The molecule has 0 saturated carbocycles. The molecule has 0 aliphatic carbocycles. The zero-order chi connectivity index (χ0) is 14.3. The summed E-state index contributed by atoms with van der Waals surface area (Å²) in [4.78, 5) is 25.8. The van der Waals surface area contributed by atoms with E-state index in [0.717, 1.165) is 6.42 Å². The van der Waals surface area contributed by atoms with Crippen LogP contribution in [0.3, 0.4) is 0 Å². The Hall–Kier alpha value is -1.89. The number of aromatic nitrogens is 2. The van der Waals surface area contributed by atoms with E-state index >= 15 is 0 Å². The largest absolute Gasteiger partial charge is 0.476 e. The minimum absolute atomic E-state index is 0.00441. The number of hydrogen-bond donors (Lipinski definition) is 3. The van der Waals surface area contributed by atoms with Gasteiger partial charge < -0.3 is 20.3 Å². The van der Waals surface area contributed by atoms with Gasteiger partial charge in [-0.3, -0.25) is 4.79 Å². The van der Waals surface area contributed by atoms with Crippen LogP contribution in [-0.2, 0) is 11.3 Å². The fourth-order valence-electron chi connectivity index (χ4n) is 1.39. The predicted molar refractivity (Wildman–Crippen MR) is 70.0 cm³/mol. The molecule has 1 rings (SSSR count). The summed E-state index contributed by atoms with van der Waals surface area (Å²) in [5, 5.41) is 14.5. The van der Waals surface area contributed by atoms with Gasteiger partial charge in [-0.2, -0.15) is 0 Å². The van der Waals surface area contributed by atoms with Gasteiger partial charge in [0.1, 0.15) is 0 Å². The molecule has 7 heteroatoms. The lowest BCUT2D eigenvalue weighted by Crippen LogP contribution is -2.38. The van der Waals surface area contributed by atoms with E-state index < -0.39 is 5.97 Å². The zero-order valence-electron chi connectivity index (χ0n) is 11.2. The Bertz CT molecular complexity index is 430. The number of carboxylic acids is 1. The number of imidazole rings is 1. The van der Waals surface area contributed by atoms with Gasteiger partial charge in [-0.25, -0.2) is 9.78 Å². The lowest BCUT2D eigenvalue weighted by atomic mass is 10.2. The number of rotatable bonds is 8. The van der Waals surface area contributed by atoms with Gasteiger partial charge in [0.15, 0.2) is 5.69 Å². The van der Waals surface area contributed by atoms with Crippen LogP contribution in [0.4, 0.5) is 0 Å². The molecular formula is C12H20N4O3. The SMILES string of the molecule is CCC(C)NCC(=O)NCCn1cnc(C(=O)O)c1. The van der Waals surface area contributed by atoms with Crippen molar-refractivity contribution in [2.24, 2.45) is 0 Å². The van der Waals surface area contributed by atoms with Crippen LogP contribution in [0.5, 0.6) is 0 Å². The molecule has 0 fully saturated rings. The maximum Gasteiger partial charge on any atom is 0.356 e. The third-order valence-electron chi connectivity index (χ3n) is 2.77. The fourth-order valence-corrected chi connectivity index (χ4v) is 1.39. The minimum Gasteiger partial charge on any atom is -0.476 e. The van der Waals surface area contributed by atoms with Crippen molar-refractivity contribution in [1.29, 1.82) is 0 Å². The van der Waals surface area contributed by atoms with Crippen molar-refractivity contribution in [2.45, 2.75) is 32.9 Å². The van der Waals surface area contributed by atoms with Crippen LogP contribution in [0.25, 0.3) is 0 Å². The smallest absolute Gasteiger partial charge is 0.356 e. The Kier molecular flexibility index (Phi) is 6.01. The first-order valence-electron chi connectivity index (χ1n) is 6.28. The Morgan fingerprint density at radius 3 is 2.84 bits per heavy atom. The molecule has 1 aromatic heterocycles. The van der Waals surface area contributed by atoms with Crippen molar-refractivity contribution in [3.05, 3.63) is 18.2 Å². The molecular weight excluding hydrogens is 248 g/mol. The van der Waals surface area contributed by atoms with Crippen molar-refractivity contribution in [2.75, 3.05) is 13.1 Å². The van der Waals surface area contributed by atoms with Gasteiger partial charge in [0.25, 0.3) is 0 Å². The highest BCUT2D eigenvalue weighted by Crippen LogP contribution is 1.95. The number of carboxylic acid groups (broad SMARTS) is 1. The predicted octanol–water partition coefficient (Wildman–Crippen LogP) is 0.0856. The van der Waals surface area contributed by atoms with Crippen molar-refractivity contribution >= 4 is 11.9 Å². The summed E-state index contributed by atoms with van der Waals surface area (Å²) in [7, 11) is 0. The van der Waals surface area contributed by atoms with E-state index in [0.29, 0.717) is 25.7 Å². The molecule has 1 aromatic rings. The maximum absolute atomic E-state index is 11.5. The molecule has 0 aromatic carbocycles. The third kappa shape index (κ3) is 5.52. The van der Waals surface area contributed by atoms with Crippen molar-refractivity contribution in [1.82, 2.24) is 20.2 Å². The van der Waals surface area contributed by atoms with Gasteiger partial charge >= 0.3 is 5.97 Å². The average Bonchev–Trinajstić information content (AvgIpc) is 2.85. The number of carbonyl (C=O) groups is 2. The summed E-state index contributed by atoms with van der Waals surface area (Å²) in [6.45, 7) is 5.30. The van der Waals surface area contributed by atoms with Crippen molar-refractivity contribution in [3.8, 4) is 0 Å². The average molecular weight is 268 g/mol. The van der Waals surface area contributed by atoms with Crippen LogP contribution in [0.1, 0.15) is 30.8 Å². The maximum atomic E-state index is 11.5. The number of carbonyl (C=O) groups excluding carboxylic acids is 1. The van der Waals surface area contributed by atoms with Gasteiger partial charge in [-0.1, -0.05) is 6.92 Å². The Labute approximate surface area is 112 Å². The number of nitrogens with one attached hydrogen (secondary N) is 2. The lowest BCUT2D eigenvalue weighted by molar-refractivity contribution is -0.120. The van der Waals surface area contributed by atoms with E-state index in [2.05, 4.69) is 22.5 Å². The highest BCUT2D eigenvalue weighted by Gasteiger charge is 2.07. The summed E-state index contributed by atoms with van der Waals surface area (Å²) in [6, 6.07) is 0.317. The molecule has 0 aliphatic heterocycles. The first kappa shape index (κ1) is 15.2. The monoisotopic (exact) mass is 268 g/mol. The molecule has 0 aliphatic rings. The van der Waals surface area contributed by atoms with Crippen molar-refractivity contribution < 1.29 is 14.7 Å². The summed E-state index contributed by atoms with van der Waals surface area (Å²) in [6.07, 6.45) is 3.85. The standard InChI is InChI=1S/C12H20N4O3/c1-3-9(2)14-6-11(17)13-4-5-16-7-10(12(18)19)15-8-16/h7-9,14H,3-6H2,1-2H3,(H,13,17)(H,18,19). The highest BCUT2D eigenvalue weighted by molar-refractivity contribution is 5.84. The third-order valence-corrected chi connectivity index (χ3v) is 2.77. The summed E-state index contributed by atoms with van der Waals surface area (Å²) < 4.78 is 1.63. The molecule has 19 heavy (non-hydrogen) atoms. The van der Waals surface area contributed by atoms with E-state index in [-0.39, 0.29) is 11.6 Å². The second kappa shape index (κ2) is 7.52. The van der Waals surface area contributed by atoms with E-state index in [9.17, 15) is 9.59 Å². The number of amides is 1. The summed E-state index contributed by atoms with van der Waals surface area (Å²) in [5.41, 5.74) is 0.00441. The summed E-state index contributed by atoms with van der Waals surface area (Å²) >= 11 is 0. The molecule has 1 amide bonds. The normalized spacial score (nSPS) is 12.1. The topological polar surface area (TPSA) is 96.3 Å². The van der Waals surface area contributed by atoms with Gasteiger partial charge in [0.05, 0.1) is 12.9 Å². The second-order valence-corrected chi connectivity index (χ2v) is 4.34. The molecule has 3 N–H and O–H groups in total. The van der Waals surface area contributed by atoms with Crippen LogP contribution >= 0.6 is 0 Å². The first-order valence-corrected chi connectivity index (χ1v) is 6.28. The molecule has 1 atom stereocenters. The van der Waals surface area contributed by atoms with Crippen molar-refractivity contribution in [3.63, 3.8) is 0 Å². The van der Waals surface area contributed by atoms with E-state index in [1.54, 1.807) is 4.57 Å². The lowest BCUT2D eigenvalue weighted by Gasteiger charge is -2.11. The number of nitrogens with zero attached hydrogens (tertiary/aromatic N) is 2. The molecule has 1 heterocycles. The Morgan fingerprint density at radius 1 is 1.53 bits per heavy atom.